The molecule has 21 heavy (non-hydrogen) atoms. The molecule has 1 heterocycles. The Balaban J connectivity index is 1.91. The van der Waals surface area contributed by atoms with Gasteiger partial charge in [0, 0.05) is 24.5 Å². The molecular formula is C17H27N3O. The largest absolute Gasteiger partial charge is 0.382 e. The molecular weight excluding hydrogens is 262 g/mol. The highest BCUT2D eigenvalue weighted by atomic mass is 16.1. The van der Waals surface area contributed by atoms with E-state index in [2.05, 4.69) is 22.5 Å². The van der Waals surface area contributed by atoms with Crippen LogP contribution in [0.5, 0.6) is 0 Å². The number of nitrogens with zero attached hydrogens (tertiary/aromatic N) is 1. The predicted molar refractivity (Wildman–Crippen MR) is 86.6 cm³/mol. The molecule has 0 aromatic carbocycles. The van der Waals surface area contributed by atoms with Crippen LogP contribution in [0.2, 0.25) is 0 Å². The van der Waals surface area contributed by atoms with Crippen molar-refractivity contribution >= 4 is 11.6 Å². The lowest BCUT2D eigenvalue weighted by Gasteiger charge is -2.17. The first-order valence-electron chi connectivity index (χ1n) is 8.30. The first-order chi connectivity index (χ1) is 10.3. The Morgan fingerprint density at radius 1 is 1.29 bits per heavy atom. The molecule has 2 rings (SSSR count). The van der Waals surface area contributed by atoms with E-state index in [9.17, 15) is 4.79 Å². The SMILES string of the molecule is CCCCNC(=O)c1cc(NC2CCCCCC2)ccn1. The Kier molecular flexibility index (Phi) is 6.51. The van der Waals surface area contributed by atoms with Gasteiger partial charge in [-0.3, -0.25) is 9.78 Å². The molecule has 1 aliphatic rings. The molecule has 0 aliphatic heterocycles. The molecule has 1 fully saturated rings. The van der Waals surface area contributed by atoms with Crippen LogP contribution in [-0.2, 0) is 0 Å². The van der Waals surface area contributed by atoms with Crippen molar-refractivity contribution in [2.75, 3.05) is 11.9 Å². The van der Waals surface area contributed by atoms with Gasteiger partial charge in [-0.1, -0.05) is 39.0 Å². The third kappa shape index (κ3) is 5.37. The van der Waals surface area contributed by atoms with Crippen LogP contribution in [0.15, 0.2) is 18.3 Å². The van der Waals surface area contributed by atoms with E-state index in [1.54, 1.807) is 6.20 Å². The molecule has 0 unspecified atom stereocenters. The zero-order valence-electron chi connectivity index (χ0n) is 13.0. The van der Waals surface area contributed by atoms with Crippen LogP contribution in [-0.4, -0.2) is 23.5 Å². The minimum Gasteiger partial charge on any atom is -0.382 e. The molecule has 4 heteroatoms. The maximum Gasteiger partial charge on any atom is 0.269 e. The lowest BCUT2D eigenvalue weighted by molar-refractivity contribution is 0.0948. The number of anilines is 1. The number of aromatic nitrogens is 1. The van der Waals surface area contributed by atoms with Crippen molar-refractivity contribution in [1.82, 2.24) is 10.3 Å². The van der Waals surface area contributed by atoms with Crippen LogP contribution < -0.4 is 10.6 Å². The molecule has 1 aromatic heterocycles. The summed E-state index contributed by atoms with van der Waals surface area (Å²) in [7, 11) is 0. The van der Waals surface area contributed by atoms with Crippen molar-refractivity contribution in [3.8, 4) is 0 Å². The standard InChI is InChI=1S/C17H27N3O/c1-2-3-11-19-17(21)16-13-15(10-12-18-16)20-14-8-6-4-5-7-9-14/h10,12-14H,2-9,11H2,1H3,(H,18,20)(H,19,21). The van der Waals surface area contributed by atoms with Crippen molar-refractivity contribution in [2.45, 2.75) is 64.3 Å². The molecule has 0 radical (unpaired) electrons. The Labute approximate surface area is 127 Å². The molecule has 0 spiro atoms. The van der Waals surface area contributed by atoms with Gasteiger partial charge < -0.3 is 10.6 Å². The van der Waals surface area contributed by atoms with Crippen LogP contribution in [0.3, 0.4) is 0 Å². The highest BCUT2D eigenvalue weighted by molar-refractivity contribution is 5.93. The van der Waals surface area contributed by atoms with E-state index >= 15 is 0 Å². The molecule has 1 saturated carbocycles. The van der Waals surface area contributed by atoms with E-state index in [1.165, 1.54) is 38.5 Å². The Hall–Kier alpha value is -1.58. The Morgan fingerprint density at radius 2 is 2.05 bits per heavy atom. The molecule has 0 saturated heterocycles. The van der Waals surface area contributed by atoms with Gasteiger partial charge in [-0.15, -0.1) is 0 Å². The average molecular weight is 289 g/mol. The van der Waals surface area contributed by atoms with Gasteiger partial charge in [-0.2, -0.15) is 0 Å². The van der Waals surface area contributed by atoms with Crippen molar-refractivity contribution in [3.05, 3.63) is 24.0 Å². The van der Waals surface area contributed by atoms with Crippen LogP contribution in [0, 0.1) is 0 Å². The fourth-order valence-electron chi connectivity index (χ4n) is 2.77. The minimum atomic E-state index is -0.0760. The fourth-order valence-corrected chi connectivity index (χ4v) is 2.77. The number of nitrogens with one attached hydrogen (secondary N) is 2. The summed E-state index contributed by atoms with van der Waals surface area (Å²) in [5.74, 6) is -0.0760. The van der Waals surface area contributed by atoms with E-state index in [-0.39, 0.29) is 5.91 Å². The smallest absolute Gasteiger partial charge is 0.269 e. The van der Waals surface area contributed by atoms with E-state index in [0.717, 1.165) is 25.1 Å². The van der Waals surface area contributed by atoms with Gasteiger partial charge in [-0.25, -0.2) is 0 Å². The second kappa shape index (κ2) is 8.65. The van der Waals surface area contributed by atoms with E-state index < -0.39 is 0 Å². The van der Waals surface area contributed by atoms with Gasteiger partial charge in [0.2, 0.25) is 0 Å². The Morgan fingerprint density at radius 3 is 2.76 bits per heavy atom. The van der Waals surface area contributed by atoms with Gasteiger partial charge >= 0.3 is 0 Å². The number of hydrogen-bond acceptors (Lipinski definition) is 3. The van der Waals surface area contributed by atoms with Gasteiger partial charge in [-0.05, 0) is 31.4 Å². The van der Waals surface area contributed by atoms with E-state index in [4.69, 9.17) is 0 Å². The van der Waals surface area contributed by atoms with Gasteiger partial charge in [0.1, 0.15) is 5.69 Å². The highest BCUT2D eigenvalue weighted by Crippen LogP contribution is 2.21. The summed E-state index contributed by atoms with van der Waals surface area (Å²) in [5, 5.41) is 6.47. The summed E-state index contributed by atoms with van der Waals surface area (Å²) in [6.07, 6.45) is 11.5. The van der Waals surface area contributed by atoms with Crippen LogP contribution in [0.1, 0.15) is 68.8 Å². The summed E-state index contributed by atoms with van der Waals surface area (Å²) >= 11 is 0. The lowest BCUT2D eigenvalue weighted by Crippen LogP contribution is -2.25. The van der Waals surface area contributed by atoms with Gasteiger partial charge in [0.05, 0.1) is 0 Å². The number of pyridine rings is 1. The van der Waals surface area contributed by atoms with Crippen LogP contribution in [0.4, 0.5) is 5.69 Å². The first kappa shape index (κ1) is 15.8. The summed E-state index contributed by atoms with van der Waals surface area (Å²) in [4.78, 5) is 16.2. The number of carbonyl (C=O) groups is 1. The van der Waals surface area contributed by atoms with Gasteiger partial charge in [0.25, 0.3) is 5.91 Å². The maximum absolute atomic E-state index is 12.0. The number of carbonyl (C=O) groups excluding carboxylic acids is 1. The third-order valence-corrected chi connectivity index (χ3v) is 4.03. The lowest BCUT2D eigenvalue weighted by atomic mass is 10.1. The quantitative estimate of drug-likeness (QED) is 0.619. The average Bonchev–Trinajstić information content (AvgIpc) is 2.76. The summed E-state index contributed by atoms with van der Waals surface area (Å²) < 4.78 is 0. The molecule has 116 valence electrons. The van der Waals surface area contributed by atoms with E-state index in [0.29, 0.717) is 11.7 Å². The zero-order valence-corrected chi connectivity index (χ0v) is 13.0. The molecule has 4 nitrogen and oxygen atoms in total. The summed E-state index contributed by atoms with van der Waals surface area (Å²) in [6.45, 7) is 2.83. The van der Waals surface area contributed by atoms with Crippen molar-refractivity contribution < 1.29 is 4.79 Å². The van der Waals surface area contributed by atoms with Gasteiger partial charge in [0.15, 0.2) is 0 Å². The first-order valence-corrected chi connectivity index (χ1v) is 8.30. The van der Waals surface area contributed by atoms with Crippen molar-refractivity contribution in [2.24, 2.45) is 0 Å². The summed E-state index contributed by atoms with van der Waals surface area (Å²) in [6, 6.07) is 4.35. The molecule has 1 amide bonds. The normalized spacial score (nSPS) is 16.2. The number of rotatable bonds is 6. The van der Waals surface area contributed by atoms with E-state index in [1.807, 2.05) is 12.1 Å². The molecule has 1 aromatic rings. The van der Waals surface area contributed by atoms with Crippen LogP contribution in [0.25, 0.3) is 0 Å². The fraction of sp³-hybridized carbons (Fsp3) is 0.647. The number of amides is 1. The van der Waals surface area contributed by atoms with Crippen molar-refractivity contribution in [1.29, 1.82) is 0 Å². The highest BCUT2D eigenvalue weighted by Gasteiger charge is 2.13. The second-order valence-electron chi connectivity index (χ2n) is 5.87. The Bertz CT molecular complexity index is 439. The minimum absolute atomic E-state index is 0.0760. The number of unbranched alkanes of at least 4 members (excludes halogenated alkanes) is 1. The predicted octanol–water partition coefficient (Wildman–Crippen LogP) is 3.75. The topological polar surface area (TPSA) is 54.0 Å². The van der Waals surface area contributed by atoms with Crippen molar-refractivity contribution in [3.63, 3.8) is 0 Å². The molecule has 2 N–H and O–H groups in total. The number of hydrogen-bond donors (Lipinski definition) is 2. The summed E-state index contributed by atoms with van der Waals surface area (Å²) in [5.41, 5.74) is 1.52. The third-order valence-electron chi connectivity index (χ3n) is 4.03. The van der Waals surface area contributed by atoms with Crippen LogP contribution >= 0.6 is 0 Å². The zero-order chi connectivity index (χ0) is 14.9. The second-order valence-corrected chi connectivity index (χ2v) is 5.87. The molecule has 1 aliphatic carbocycles. The molecule has 0 atom stereocenters. The maximum atomic E-state index is 12.0. The monoisotopic (exact) mass is 289 g/mol. The molecule has 0 bridgehead atoms.